The van der Waals surface area contributed by atoms with Crippen molar-refractivity contribution in [3.05, 3.63) is 58.3 Å². The molecule has 0 aliphatic rings. The molecule has 128 valence electrons. The lowest BCUT2D eigenvalue weighted by Crippen LogP contribution is -2.30. The van der Waals surface area contributed by atoms with Crippen molar-refractivity contribution in [2.75, 3.05) is 17.2 Å². The molecule has 3 aromatic rings. The smallest absolute Gasteiger partial charge is 0.231 e. The predicted molar refractivity (Wildman–Crippen MR) is 100 cm³/mol. The van der Waals surface area contributed by atoms with Crippen molar-refractivity contribution in [1.29, 1.82) is 0 Å². The molecule has 5 N–H and O–H groups in total. The predicted octanol–water partition coefficient (Wildman–Crippen LogP) is 2.10. The normalized spacial score (nSPS) is 11.8. The number of nitrogens with one attached hydrogen (secondary N) is 1. The van der Waals surface area contributed by atoms with Gasteiger partial charge < -0.3 is 16.8 Å². The van der Waals surface area contributed by atoms with Crippen LogP contribution in [-0.4, -0.2) is 26.6 Å². The van der Waals surface area contributed by atoms with Gasteiger partial charge in [-0.05, 0) is 17.0 Å². The van der Waals surface area contributed by atoms with E-state index in [0.29, 0.717) is 5.16 Å². The molecule has 7 nitrogen and oxygen atoms in total. The number of benzene rings is 1. The second-order valence-corrected chi connectivity index (χ2v) is 6.97. The number of carbonyl (C=O) groups excluding carboxylic acids is 1. The molecule has 9 heteroatoms. The quantitative estimate of drug-likeness (QED) is 0.567. The molecule has 0 radical (unpaired) electrons. The minimum atomic E-state index is -0.192. The molecule has 2 heterocycles. The maximum Gasteiger partial charge on any atom is 0.231 e. The minimum Gasteiger partial charge on any atom is -0.368 e. The molecule has 0 saturated carbocycles. The summed E-state index contributed by atoms with van der Waals surface area (Å²) in [5.41, 5.74) is 12.1. The largest absolute Gasteiger partial charge is 0.368 e. The van der Waals surface area contributed by atoms with Gasteiger partial charge in [-0.2, -0.15) is 15.0 Å². The van der Waals surface area contributed by atoms with E-state index in [1.54, 1.807) is 11.3 Å². The number of nitrogens with two attached hydrogens (primary N) is 2. The fourth-order valence-corrected chi connectivity index (χ4v) is 3.67. The van der Waals surface area contributed by atoms with E-state index >= 15 is 0 Å². The van der Waals surface area contributed by atoms with Gasteiger partial charge in [0.15, 0.2) is 5.16 Å². The fourth-order valence-electron chi connectivity index (χ4n) is 2.21. The Bertz CT molecular complexity index is 821. The number of anilines is 2. The Morgan fingerprint density at radius 2 is 1.80 bits per heavy atom. The maximum absolute atomic E-state index is 12.4. The van der Waals surface area contributed by atoms with Crippen LogP contribution in [-0.2, 0) is 4.79 Å². The van der Waals surface area contributed by atoms with Gasteiger partial charge in [0, 0.05) is 4.88 Å². The van der Waals surface area contributed by atoms with Crippen LogP contribution in [0.4, 0.5) is 11.9 Å². The number of aromatic nitrogens is 3. The summed E-state index contributed by atoms with van der Waals surface area (Å²) >= 11 is 2.76. The van der Waals surface area contributed by atoms with Crippen LogP contribution in [0.25, 0.3) is 0 Å². The van der Waals surface area contributed by atoms with Gasteiger partial charge in [-0.3, -0.25) is 4.79 Å². The van der Waals surface area contributed by atoms with Crippen LogP contribution in [0.2, 0.25) is 0 Å². The Morgan fingerprint density at radius 1 is 1.08 bits per heavy atom. The lowest BCUT2D eigenvalue weighted by molar-refractivity contribution is -0.119. The van der Waals surface area contributed by atoms with Crippen molar-refractivity contribution in [1.82, 2.24) is 20.3 Å². The Labute approximate surface area is 152 Å². The molecule has 0 unspecified atom stereocenters. The number of thioether (sulfide) groups is 1. The van der Waals surface area contributed by atoms with Gasteiger partial charge in [0.05, 0.1) is 11.8 Å². The first-order valence-electron chi connectivity index (χ1n) is 7.39. The molecule has 0 spiro atoms. The minimum absolute atomic E-state index is 0.0381. The van der Waals surface area contributed by atoms with Crippen LogP contribution >= 0.6 is 23.1 Å². The summed E-state index contributed by atoms with van der Waals surface area (Å²) in [6.07, 6.45) is 0. The molecule has 1 aromatic carbocycles. The third-order valence-corrected chi connectivity index (χ3v) is 5.03. The monoisotopic (exact) mass is 372 g/mol. The number of amides is 1. The van der Waals surface area contributed by atoms with E-state index in [4.69, 9.17) is 11.5 Å². The summed E-state index contributed by atoms with van der Waals surface area (Å²) in [5, 5.41) is 5.37. The van der Waals surface area contributed by atoms with Crippen LogP contribution < -0.4 is 16.8 Å². The number of nitrogen functional groups attached to an aromatic ring is 2. The van der Waals surface area contributed by atoms with Crippen LogP contribution in [0.1, 0.15) is 16.5 Å². The van der Waals surface area contributed by atoms with E-state index in [0.717, 1.165) is 22.2 Å². The number of hydrogen-bond donors (Lipinski definition) is 3. The second-order valence-electron chi connectivity index (χ2n) is 5.05. The molecule has 0 saturated heterocycles. The fraction of sp³-hybridized carbons (Fsp3) is 0.125. The summed E-state index contributed by atoms with van der Waals surface area (Å²) in [4.78, 5) is 25.1. The van der Waals surface area contributed by atoms with Gasteiger partial charge in [-0.1, -0.05) is 48.2 Å². The van der Waals surface area contributed by atoms with Gasteiger partial charge in [0.2, 0.25) is 17.8 Å². The first kappa shape index (κ1) is 17.2. The molecule has 1 amide bonds. The van der Waals surface area contributed by atoms with Crippen molar-refractivity contribution in [2.24, 2.45) is 0 Å². The van der Waals surface area contributed by atoms with E-state index in [9.17, 15) is 4.79 Å². The molecule has 3 rings (SSSR count). The number of carbonyl (C=O) groups is 1. The van der Waals surface area contributed by atoms with Gasteiger partial charge in [0.1, 0.15) is 0 Å². The number of thiophene rings is 1. The molecule has 0 aliphatic carbocycles. The van der Waals surface area contributed by atoms with E-state index in [-0.39, 0.29) is 29.6 Å². The molecular formula is C16H16N6OS2. The average molecular weight is 372 g/mol. The van der Waals surface area contributed by atoms with Crippen molar-refractivity contribution in [2.45, 2.75) is 11.2 Å². The third-order valence-electron chi connectivity index (χ3n) is 3.25. The van der Waals surface area contributed by atoms with Gasteiger partial charge >= 0.3 is 0 Å². The van der Waals surface area contributed by atoms with Crippen LogP contribution in [0, 0.1) is 0 Å². The van der Waals surface area contributed by atoms with Gasteiger partial charge in [-0.25, -0.2) is 0 Å². The molecule has 0 fully saturated rings. The van der Waals surface area contributed by atoms with Crippen LogP contribution in [0.15, 0.2) is 53.0 Å². The highest BCUT2D eigenvalue weighted by Gasteiger charge is 2.18. The molecule has 0 bridgehead atoms. The lowest BCUT2D eigenvalue weighted by atomic mass is 10.1. The topological polar surface area (TPSA) is 120 Å². The van der Waals surface area contributed by atoms with Crippen molar-refractivity contribution in [3.8, 4) is 0 Å². The van der Waals surface area contributed by atoms with Gasteiger partial charge in [0.25, 0.3) is 0 Å². The summed E-state index contributed by atoms with van der Waals surface area (Å²) in [6.45, 7) is 0. The molecule has 1 atom stereocenters. The summed E-state index contributed by atoms with van der Waals surface area (Å²) in [6, 6.07) is 13.6. The van der Waals surface area contributed by atoms with Gasteiger partial charge in [-0.15, -0.1) is 11.3 Å². The zero-order valence-electron chi connectivity index (χ0n) is 13.1. The maximum atomic E-state index is 12.4. The number of rotatable bonds is 6. The summed E-state index contributed by atoms with van der Waals surface area (Å²) in [7, 11) is 0. The Balaban J connectivity index is 1.68. The Hall–Kier alpha value is -2.65. The van der Waals surface area contributed by atoms with E-state index in [1.807, 2.05) is 47.8 Å². The van der Waals surface area contributed by atoms with Crippen molar-refractivity contribution < 1.29 is 4.79 Å². The van der Waals surface area contributed by atoms with E-state index in [1.165, 1.54) is 0 Å². The number of hydrogen-bond acceptors (Lipinski definition) is 8. The van der Waals surface area contributed by atoms with Crippen LogP contribution in [0.5, 0.6) is 0 Å². The highest BCUT2D eigenvalue weighted by atomic mass is 32.2. The zero-order valence-corrected chi connectivity index (χ0v) is 14.8. The molecule has 0 aliphatic heterocycles. The SMILES string of the molecule is Nc1nc(N)nc(SCC(=O)N[C@H](c2ccccc2)c2cccs2)n1. The average Bonchev–Trinajstić information content (AvgIpc) is 3.12. The van der Waals surface area contributed by atoms with Crippen molar-refractivity contribution >= 4 is 40.9 Å². The summed E-state index contributed by atoms with van der Waals surface area (Å²) < 4.78 is 0. The first-order valence-corrected chi connectivity index (χ1v) is 9.26. The zero-order chi connectivity index (χ0) is 17.6. The Kier molecular flexibility index (Phi) is 5.46. The third kappa shape index (κ3) is 4.68. The van der Waals surface area contributed by atoms with E-state index in [2.05, 4.69) is 20.3 Å². The molecule has 2 aromatic heterocycles. The second kappa shape index (κ2) is 7.95. The van der Waals surface area contributed by atoms with E-state index < -0.39 is 0 Å². The molecule has 25 heavy (non-hydrogen) atoms. The highest BCUT2D eigenvalue weighted by molar-refractivity contribution is 7.99. The van der Waals surface area contributed by atoms with Crippen molar-refractivity contribution in [3.63, 3.8) is 0 Å². The number of nitrogens with zero attached hydrogens (tertiary/aromatic N) is 3. The Morgan fingerprint density at radius 3 is 2.44 bits per heavy atom. The first-order chi connectivity index (χ1) is 12.1. The molecular weight excluding hydrogens is 356 g/mol. The van der Waals surface area contributed by atoms with Crippen LogP contribution in [0.3, 0.4) is 0 Å². The summed E-state index contributed by atoms with van der Waals surface area (Å²) in [5.74, 6) is 0.0922. The standard InChI is InChI=1S/C16H16N6OS2/c17-14-20-15(18)22-16(21-14)25-9-12(23)19-13(11-7-4-8-24-11)10-5-2-1-3-6-10/h1-8,13H,9H2,(H,19,23)(H4,17,18,20,21,22)/t13-/m1/s1. The highest BCUT2D eigenvalue weighted by Crippen LogP contribution is 2.26. The lowest BCUT2D eigenvalue weighted by Gasteiger charge is -2.18.